The van der Waals surface area contributed by atoms with Crippen LogP contribution in [-0.4, -0.2) is 68.2 Å². The maximum Gasteiger partial charge on any atom is 0.0971 e. The molecule has 0 saturated carbocycles. The van der Waals surface area contributed by atoms with Crippen LogP contribution in [0.1, 0.15) is 19.8 Å². The number of aliphatic hydroxyl groups excluding tert-OH is 1. The number of aliphatic hydroxyl groups is 1. The second-order valence-electron chi connectivity index (χ2n) is 4.70. The number of methoxy groups -OCH3 is 2. The Hall–Kier alpha value is -0.200. The van der Waals surface area contributed by atoms with Gasteiger partial charge in [0.05, 0.1) is 18.8 Å². The Kier molecular flexibility index (Phi) is 6.37. The molecule has 5 heteroatoms. The van der Waals surface area contributed by atoms with E-state index in [4.69, 9.17) is 15.2 Å². The molecule has 5 nitrogen and oxygen atoms in total. The van der Waals surface area contributed by atoms with Gasteiger partial charge in [0.1, 0.15) is 0 Å². The maximum atomic E-state index is 9.50. The second-order valence-corrected chi connectivity index (χ2v) is 4.70. The van der Waals surface area contributed by atoms with Gasteiger partial charge in [-0.2, -0.15) is 0 Å². The third kappa shape index (κ3) is 3.63. The summed E-state index contributed by atoms with van der Waals surface area (Å²) in [7, 11) is 3.39. The number of ether oxygens (including phenoxy) is 2. The van der Waals surface area contributed by atoms with E-state index in [-0.39, 0.29) is 30.9 Å². The summed E-state index contributed by atoms with van der Waals surface area (Å²) < 4.78 is 10.8. The molecule has 3 N–H and O–H groups in total. The molecule has 0 aromatic rings. The van der Waals surface area contributed by atoms with Crippen LogP contribution in [0.2, 0.25) is 0 Å². The van der Waals surface area contributed by atoms with E-state index in [0.29, 0.717) is 0 Å². The summed E-state index contributed by atoms with van der Waals surface area (Å²) in [6.45, 7) is 3.75. The predicted molar refractivity (Wildman–Crippen MR) is 66.9 cm³/mol. The number of nitrogens with zero attached hydrogens (tertiary/aromatic N) is 1. The SMILES string of the molecule is CCCC(N)C(CO)N1CC(OC)C(OC)C1. The highest BCUT2D eigenvalue weighted by molar-refractivity contribution is 4.92. The molecule has 0 bridgehead atoms. The Balaban J connectivity index is 2.59. The summed E-state index contributed by atoms with van der Waals surface area (Å²) in [5.74, 6) is 0. The molecule has 4 atom stereocenters. The largest absolute Gasteiger partial charge is 0.395 e. The molecule has 17 heavy (non-hydrogen) atoms. The van der Waals surface area contributed by atoms with Crippen LogP contribution in [0.15, 0.2) is 0 Å². The fourth-order valence-corrected chi connectivity index (χ4v) is 2.54. The van der Waals surface area contributed by atoms with E-state index in [0.717, 1.165) is 25.9 Å². The molecule has 0 aliphatic carbocycles. The van der Waals surface area contributed by atoms with Crippen molar-refractivity contribution >= 4 is 0 Å². The van der Waals surface area contributed by atoms with Crippen molar-refractivity contribution in [2.75, 3.05) is 33.9 Å². The van der Waals surface area contributed by atoms with Crippen LogP contribution in [0, 0.1) is 0 Å². The fraction of sp³-hybridized carbons (Fsp3) is 1.00. The zero-order chi connectivity index (χ0) is 12.8. The number of nitrogens with two attached hydrogens (primary N) is 1. The van der Waals surface area contributed by atoms with Crippen LogP contribution in [0.5, 0.6) is 0 Å². The summed E-state index contributed by atoms with van der Waals surface area (Å²) >= 11 is 0. The number of hydrogen-bond donors (Lipinski definition) is 2. The smallest absolute Gasteiger partial charge is 0.0971 e. The zero-order valence-corrected chi connectivity index (χ0v) is 11.1. The molecule has 1 heterocycles. The van der Waals surface area contributed by atoms with E-state index in [1.165, 1.54) is 0 Å². The summed E-state index contributed by atoms with van der Waals surface area (Å²) in [5.41, 5.74) is 6.11. The zero-order valence-electron chi connectivity index (χ0n) is 11.1. The van der Waals surface area contributed by atoms with Crippen LogP contribution in [0.4, 0.5) is 0 Å². The molecule has 0 aromatic heterocycles. The molecule has 0 aromatic carbocycles. The third-order valence-corrected chi connectivity index (χ3v) is 3.62. The Morgan fingerprint density at radius 2 is 1.82 bits per heavy atom. The first-order valence-electron chi connectivity index (χ1n) is 6.33. The normalized spacial score (nSPS) is 29.5. The van der Waals surface area contributed by atoms with Crippen LogP contribution in [0.3, 0.4) is 0 Å². The molecular formula is C12H26N2O3. The van der Waals surface area contributed by atoms with Gasteiger partial charge in [0, 0.05) is 39.4 Å². The summed E-state index contributed by atoms with van der Waals surface area (Å²) in [4.78, 5) is 2.18. The number of likely N-dealkylation sites (tertiary alicyclic amines) is 1. The molecule has 1 saturated heterocycles. The molecule has 1 fully saturated rings. The van der Waals surface area contributed by atoms with E-state index in [1.54, 1.807) is 14.2 Å². The van der Waals surface area contributed by atoms with E-state index < -0.39 is 0 Å². The minimum Gasteiger partial charge on any atom is -0.395 e. The van der Waals surface area contributed by atoms with Crippen molar-refractivity contribution in [1.82, 2.24) is 4.90 Å². The second kappa shape index (κ2) is 7.28. The van der Waals surface area contributed by atoms with Crippen LogP contribution in [0.25, 0.3) is 0 Å². The van der Waals surface area contributed by atoms with Crippen molar-refractivity contribution in [3.05, 3.63) is 0 Å². The van der Waals surface area contributed by atoms with Gasteiger partial charge in [-0.3, -0.25) is 4.90 Å². The molecule has 1 rings (SSSR count). The predicted octanol–water partition coefficient (Wildman–Crippen LogP) is -0.180. The lowest BCUT2D eigenvalue weighted by Gasteiger charge is -2.30. The van der Waals surface area contributed by atoms with Crippen LogP contribution < -0.4 is 5.73 Å². The summed E-state index contributed by atoms with van der Waals surface area (Å²) in [6, 6.07) is 0.0193. The number of rotatable bonds is 7. The Morgan fingerprint density at radius 1 is 1.29 bits per heavy atom. The first kappa shape index (κ1) is 14.9. The Bertz CT molecular complexity index is 204. The maximum absolute atomic E-state index is 9.50. The van der Waals surface area contributed by atoms with E-state index in [1.807, 2.05) is 0 Å². The molecular weight excluding hydrogens is 220 g/mol. The van der Waals surface area contributed by atoms with Gasteiger partial charge < -0.3 is 20.3 Å². The molecule has 0 spiro atoms. The monoisotopic (exact) mass is 246 g/mol. The van der Waals surface area contributed by atoms with Gasteiger partial charge in [0.25, 0.3) is 0 Å². The van der Waals surface area contributed by atoms with Crippen molar-refractivity contribution in [3.63, 3.8) is 0 Å². The standard InChI is InChI=1S/C12H26N2O3/c1-4-5-9(13)10(8-15)14-6-11(16-2)12(7-14)17-3/h9-12,15H,4-8,13H2,1-3H3. The van der Waals surface area contributed by atoms with Crippen LogP contribution in [-0.2, 0) is 9.47 Å². The summed E-state index contributed by atoms with van der Waals surface area (Å²) in [5, 5.41) is 9.50. The van der Waals surface area contributed by atoms with Gasteiger partial charge in [-0.25, -0.2) is 0 Å². The van der Waals surface area contributed by atoms with Gasteiger partial charge >= 0.3 is 0 Å². The summed E-state index contributed by atoms with van der Waals surface area (Å²) in [6.07, 6.45) is 2.11. The van der Waals surface area contributed by atoms with Crippen molar-refractivity contribution in [3.8, 4) is 0 Å². The lowest BCUT2D eigenvalue weighted by molar-refractivity contribution is -0.00461. The van der Waals surface area contributed by atoms with Crippen molar-refractivity contribution in [1.29, 1.82) is 0 Å². The molecule has 1 aliphatic heterocycles. The first-order chi connectivity index (χ1) is 8.17. The average Bonchev–Trinajstić information content (AvgIpc) is 2.73. The highest BCUT2D eigenvalue weighted by Gasteiger charge is 2.37. The fourth-order valence-electron chi connectivity index (χ4n) is 2.54. The van der Waals surface area contributed by atoms with Crippen molar-refractivity contribution in [2.24, 2.45) is 5.73 Å². The quantitative estimate of drug-likeness (QED) is 0.652. The highest BCUT2D eigenvalue weighted by Crippen LogP contribution is 2.20. The van der Waals surface area contributed by atoms with E-state index in [9.17, 15) is 5.11 Å². The van der Waals surface area contributed by atoms with E-state index in [2.05, 4.69) is 11.8 Å². The van der Waals surface area contributed by atoms with Gasteiger partial charge in [-0.1, -0.05) is 13.3 Å². The molecule has 0 radical (unpaired) electrons. The van der Waals surface area contributed by atoms with E-state index >= 15 is 0 Å². The minimum atomic E-state index is 0.00718. The average molecular weight is 246 g/mol. The molecule has 1 aliphatic rings. The Labute approximate surface area is 104 Å². The highest BCUT2D eigenvalue weighted by atomic mass is 16.5. The van der Waals surface area contributed by atoms with Crippen LogP contribution >= 0.6 is 0 Å². The molecule has 4 unspecified atom stereocenters. The van der Waals surface area contributed by atoms with Gasteiger partial charge in [-0.15, -0.1) is 0 Å². The molecule has 0 amide bonds. The van der Waals surface area contributed by atoms with Gasteiger partial charge in [0.15, 0.2) is 0 Å². The lowest BCUT2D eigenvalue weighted by atomic mass is 10.0. The van der Waals surface area contributed by atoms with Crippen molar-refractivity contribution in [2.45, 2.75) is 44.1 Å². The lowest BCUT2D eigenvalue weighted by Crippen LogP contribution is -2.49. The topological polar surface area (TPSA) is 68.0 Å². The number of hydrogen-bond acceptors (Lipinski definition) is 5. The molecule has 102 valence electrons. The minimum absolute atomic E-state index is 0.00718. The van der Waals surface area contributed by atoms with Gasteiger partial charge in [-0.05, 0) is 6.42 Å². The van der Waals surface area contributed by atoms with Crippen molar-refractivity contribution < 1.29 is 14.6 Å². The van der Waals surface area contributed by atoms with Gasteiger partial charge in [0.2, 0.25) is 0 Å². The Morgan fingerprint density at radius 3 is 2.18 bits per heavy atom. The third-order valence-electron chi connectivity index (χ3n) is 3.62. The first-order valence-corrected chi connectivity index (χ1v) is 6.33.